The van der Waals surface area contributed by atoms with E-state index in [-0.39, 0.29) is 17.7 Å². The molecular weight excluding hydrogens is 375 g/mol. The van der Waals surface area contributed by atoms with Gasteiger partial charge in [0.1, 0.15) is 0 Å². The molecule has 2 unspecified atom stereocenters. The third kappa shape index (κ3) is 2.22. The summed E-state index contributed by atoms with van der Waals surface area (Å²) < 4.78 is 7.38. The van der Waals surface area contributed by atoms with Gasteiger partial charge >= 0.3 is 155 Å². The average Bonchev–Trinajstić information content (AvgIpc) is 2.71. The van der Waals surface area contributed by atoms with Crippen LogP contribution >= 0.6 is 11.6 Å². The van der Waals surface area contributed by atoms with Gasteiger partial charge in [-0.05, 0) is 0 Å². The minimum absolute atomic E-state index is 0.0925. The Hall–Kier alpha value is -0.896. The number of likely N-dealkylation sites (tertiary alicyclic amines) is 1. The van der Waals surface area contributed by atoms with Crippen LogP contribution < -0.4 is 7.11 Å². The Balaban J connectivity index is 1.98. The molecule has 1 saturated heterocycles. The summed E-state index contributed by atoms with van der Waals surface area (Å²) in [6, 6.07) is 11.9. The Morgan fingerprint density at radius 3 is 2.73 bits per heavy atom. The average molecular weight is 388 g/mol. The van der Waals surface area contributed by atoms with E-state index in [1.807, 2.05) is 36.2 Å². The molecule has 22 heavy (non-hydrogen) atoms. The quantitative estimate of drug-likeness (QED) is 0.695. The van der Waals surface area contributed by atoms with E-state index in [9.17, 15) is 4.79 Å². The van der Waals surface area contributed by atoms with Gasteiger partial charge in [-0.15, -0.1) is 0 Å². The third-order valence-corrected chi connectivity index (χ3v) is 5.59. The van der Waals surface area contributed by atoms with Crippen molar-refractivity contribution in [3.8, 4) is 11.5 Å². The molecule has 2 aromatic rings. The summed E-state index contributed by atoms with van der Waals surface area (Å²) in [5.74, 6) is 1.68. The Kier molecular flexibility index (Phi) is 3.56. The van der Waals surface area contributed by atoms with Crippen LogP contribution in [0.25, 0.3) is 0 Å². The normalized spacial score (nSPS) is 22.4. The molecule has 5 heteroatoms. The van der Waals surface area contributed by atoms with Gasteiger partial charge in [-0.2, -0.15) is 0 Å². The van der Waals surface area contributed by atoms with Gasteiger partial charge in [0.2, 0.25) is 0 Å². The molecule has 0 radical (unpaired) electrons. The number of rotatable bonds is 0. The van der Waals surface area contributed by atoms with E-state index in [1.165, 1.54) is 2.37 Å². The molecule has 108 valence electrons. The van der Waals surface area contributed by atoms with Crippen molar-refractivity contribution in [1.82, 2.24) is 4.90 Å². The Morgan fingerprint density at radius 1 is 1.18 bits per heavy atom. The number of halogens is 1. The molecule has 0 bridgehead atoms. The van der Waals surface area contributed by atoms with E-state index in [2.05, 4.69) is 12.1 Å². The molecule has 2 aliphatic heterocycles. The summed E-state index contributed by atoms with van der Waals surface area (Å²) in [5.41, 5.74) is 2.04. The number of nitrogens with zero attached hydrogens (tertiary/aromatic N) is 1. The van der Waals surface area contributed by atoms with Gasteiger partial charge in [0.25, 0.3) is 0 Å². The first-order valence-corrected chi connectivity index (χ1v) is 8.96. The fourth-order valence-corrected chi connectivity index (χ4v) is 4.31. The number of likely N-dealkylation sites (N-methyl/N-ethyl adjacent to an activating group) is 1. The Bertz CT molecular complexity index is 792. The predicted molar refractivity (Wildman–Crippen MR) is 80.7 cm³/mol. The zero-order valence-corrected chi connectivity index (χ0v) is 15.6. The summed E-state index contributed by atoms with van der Waals surface area (Å²) in [6.07, 6.45) is 0. The van der Waals surface area contributed by atoms with Crippen molar-refractivity contribution in [2.24, 2.45) is 0 Å². The SMILES string of the molecule is CN1CC2c3cc(Cl)ccc3Oc3cc[c]([Y])cc3C2C1=O. The van der Waals surface area contributed by atoms with Gasteiger partial charge in [-0.25, -0.2) is 0 Å². The van der Waals surface area contributed by atoms with Crippen LogP contribution in [-0.4, -0.2) is 24.4 Å². The molecule has 3 nitrogen and oxygen atoms in total. The summed E-state index contributed by atoms with van der Waals surface area (Å²) in [7, 11) is 1.87. The zero-order valence-electron chi connectivity index (χ0n) is 12.0. The van der Waals surface area contributed by atoms with Crippen molar-refractivity contribution in [1.29, 1.82) is 0 Å². The zero-order chi connectivity index (χ0) is 15.4. The van der Waals surface area contributed by atoms with Crippen LogP contribution in [0.2, 0.25) is 5.02 Å². The topological polar surface area (TPSA) is 29.5 Å². The predicted octanol–water partition coefficient (Wildman–Crippen LogP) is 2.96. The number of hydrogen-bond acceptors (Lipinski definition) is 2. The number of benzene rings is 2. The van der Waals surface area contributed by atoms with Gasteiger partial charge in [0.05, 0.1) is 0 Å². The first-order valence-electron chi connectivity index (χ1n) is 7.16. The molecule has 1 amide bonds. The van der Waals surface area contributed by atoms with Crippen LogP contribution in [0.5, 0.6) is 11.5 Å². The second-order valence-corrected chi connectivity index (χ2v) is 7.96. The Morgan fingerprint density at radius 2 is 1.91 bits per heavy atom. The van der Waals surface area contributed by atoms with E-state index in [1.54, 1.807) is 0 Å². The molecule has 0 saturated carbocycles. The summed E-state index contributed by atoms with van der Waals surface area (Å²) >= 11 is 7.20. The maximum absolute atomic E-state index is 12.7. The Labute approximate surface area is 154 Å². The molecule has 0 N–H and O–H groups in total. The van der Waals surface area contributed by atoms with E-state index >= 15 is 0 Å². The van der Waals surface area contributed by atoms with Crippen molar-refractivity contribution in [2.75, 3.05) is 13.6 Å². The third-order valence-electron chi connectivity index (χ3n) is 4.48. The summed E-state index contributed by atoms with van der Waals surface area (Å²) in [6.45, 7) is 0.699. The van der Waals surface area contributed by atoms with E-state index in [4.69, 9.17) is 16.3 Å². The molecular formula is C17H13ClNO2Y. The molecule has 2 atom stereocenters. The van der Waals surface area contributed by atoms with Crippen LogP contribution in [0.3, 0.4) is 0 Å². The molecule has 4 rings (SSSR count). The fourth-order valence-electron chi connectivity index (χ4n) is 3.45. The number of ether oxygens (including phenoxy) is 1. The van der Waals surface area contributed by atoms with Gasteiger partial charge < -0.3 is 0 Å². The van der Waals surface area contributed by atoms with Crippen LogP contribution in [0.1, 0.15) is 23.0 Å². The number of amides is 1. The molecule has 2 aromatic carbocycles. The molecule has 2 heterocycles. The molecule has 1 fully saturated rings. The number of carbonyl (C=O) groups excluding carboxylic acids is 1. The molecule has 2 aliphatic rings. The standard InChI is InChI=1S/C17H13ClNO2.Y/c1-19-9-13-12-8-10(18)6-7-15(12)21-14-5-3-2-4-11(14)16(13)17(19)20;/h3-8,13,16H,9H2,1H3;. The number of carbonyl (C=O) groups is 1. The first-order chi connectivity index (χ1) is 10.5. The fraction of sp³-hybridized carbons (Fsp3) is 0.235. The van der Waals surface area contributed by atoms with Crippen LogP contribution in [0, 0.1) is 0 Å². The van der Waals surface area contributed by atoms with Crippen LogP contribution in [0.15, 0.2) is 36.4 Å². The summed E-state index contributed by atoms with van der Waals surface area (Å²) in [5, 5.41) is 0.678. The van der Waals surface area contributed by atoms with Crippen molar-refractivity contribution < 1.29 is 40.5 Å². The van der Waals surface area contributed by atoms with Crippen LogP contribution in [0.4, 0.5) is 0 Å². The molecule has 0 spiro atoms. The van der Waals surface area contributed by atoms with E-state index < -0.39 is 0 Å². The van der Waals surface area contributed by atoms with Gasteiger partial charge in [-0.3, -0.25) is 0 Å². The second-order valence-electron chi connectivity index (χ2n) is 5.88. The number of fused-ring (bicyclic) bond motifs is 5. The van der Waals surface area contributed by atoms with E-state index in [0.717, 1.165) is 53.6 Å². The van der Waals surface area contributed by atoms with Crippen LogP contribution in [-0.2, 0) is 35.7 Å². The van der Waals surface area contributed by atoms with Gasteiger partial charge in [0.15, 0.2) is 0 Å². The van der Waals surface area contributed by atoms with Crippen molar-refractivity contribution in [2.45, 2.75) is 11.8 Å². The molecule has 0 aromatic heterocycles. The second kappa shape index (κ2) is 5.33. The maximum atomic E-state index is 12.7. The van der Waals surface area contributed by atoms with Crippen molar-refractivity contribution in [3.63, 3.8) is 0 Å². The first kappa shape index (κ1) is 14.7. The molecule has 0 aliphatic carbocycles. The van der Waals surface area contributed by atoms with Crippen molar-refractivity contribution >= 4 is 19.9 Å². The minimum atomic E-state index is -0.174. The monoisotopic (exact) mass is 387 g/mol. The van der Waals surface area contributed by atoms with Gasteiger partial charge in [-0.1, -0.05) is 0 Å². The van der Waals surface area contributed by atoms with E-state index in [0.29, 0.717) is 11.6 Å². The number of hydrogen-bond donors (Lipinski definition) is 0. The van der Waals surface area contributed by atoms with Crippen molar-refractivity contribution in [3.05, 3.63) is 52.5 Å². The van der Waals surface area contributed by atoms with Gasteiger partial charge in [0, 0.05) is 0 Å². The summed E-state index contributed by atoms with van der Waals surface area (Å²) in [4.78, 5) is 14.5.